The zero-order chi connectivity index (χ0) is 10.8. The minimum Gasteiger partial charge on any atom is -0.351 e. The van der Waals surface area contributed by atoms with Gasteiger partial charge < -0.3 is 5.32 Å². The number of carbonyl (C=O) groups excluding carboxylic acids is 1. The highest BCUT2D eigenvalue weighted by Gasteiger charge is 2.32. The average Bonchev–Trinajstić information content (AvgIpc) is 2.76. The van der Waals surface area contributed by atoms with E-state index >= 15 is 0 Å². The molecular formula is C11H18N2OS. The van der Waals surface area contributed by atoms with Crippen LogP contribution in [0.1, 0.15) is 39.0 Å². The first kappa shape index (κ1) is 10.9. The van der Waals surface area contributed by atoms with E-state index in [-0.39, 0.29) is 11.9 Å². The first-order valence-corrected chi connectivity index (χ1v) is 6.21. The van der Waals surface area contributed by atoms with Gasteiger partial charge in [-0.3, -0.25) is 9.69 Å². The maximum Gasteiger partial charge on any atom is 0.250 e. The van der Waals surface area contributed by atoms with Crippen LogP contribution in [0.2, 0.25) is 0 Å². The summed E-state index contributed by atoms with van der Waals surface area (Å²) in [5.41, 5.74) is 0. The fourth-order valence-corrected chi connectivity index (χ4v) is 2.84. The van der Waals surface area contributed by atoms with Gasteiger partial charge in [-0.1, -0.05) is 25.7 Å². The van der Waals surface area contributed by atoms with Crippen molar-refractivity contribution < 1.29 is 4.79 Å². The van der Waals surface area contributed by atoms with E-state index in [0.717, 1.165) is 18.9 Å². The topological polar surface area (TPSA) is 32.3 Å². The lowest BCUT2D eigenvalue weighted by molar-refractivity contribution is -0.126. The molecule has 0 aromatic rings. The van der Waals surface area contributed by atoms with Crippen LogP contribution < -0.4 is 5.32 Å². The molecule has 0 radical (unpaired) electrons. The third kappa shape index (κ3) is 2.30. The lowest BCUT2D eigenvalue weighted by Crippen LogP contribution is -2.32. The van der Waals surface area contributed by atoms with Crippen LogP contribution in [0.3, 0.4) is 0 Å². The summed E-state index contributed by atoms with van der Waals surface area (Å²) >= 11 is 5.13. The number of nitrogens with one attached hydrogen (secondary N) is 1. The lowest BCUT2D eigenvalue weighted by Gasteiger charge is -2.17. The van der Waals surface area contributed by atoms with Crippen molar-refractivity contribution in [3.05, 3.63) is 0 Å². The van der Waals surface area contributed by atoms with Crippen molar-refractivity contribution in [3.63, 3.8) is 0 Å². The van der Waals surface area contributed by atoms with Crippen LogP contribution in [0, 0.1) is 5.92 Å². The van der Waals surface area contributed by atoms with Gasteiger partial charge in [0.15, 0.2) is 5.11 Å². The van der Waals surface area contributed by atoms with E-state index in [1.807, 2.05) is 6.92 Å². The molecule has 1 aliphatic heterocycles. The molecule has 1 amide bonds. The summed E-state index contributed by atoms with van der Waals surface area (Å²) in [5.74, 6) is 0.953. The number of carbonyl (C=O) groups is 1. The van der Waals surface area contributed by atoms with Crippen LogP contribution in [-0.4, -0.2) is 28.5 Å². The second-order valence-electron chi connectivity index (χ2n) is 4.60. The molecule has 2 fully saturated rings. The Balaban J connectivity index is 1.83. The molecule has 0 aromatic carbocycles. The number of nitrogens with zero attached hydrogens (tertiary/aromatic N) is 1. The predicted octanol–water partition coefficient (Wildman–Crippen LogP) is 1.67. The molecule has 0 spiro atoms. The van der Waals surface area contributed by atoms with Gasteiger partial charge in [-0.2, -0.15) is 0 Å². The van der Waals surface area contributed by atoms with Crippen molar-refractivity contribution >= 4 is 23.2 Å². The molecule has 3 nitrogen and oxygen atoms in total. The Labute approximate surface area is 96.2 Å². The number of hydrogen-bond donors (Lipinski definition) is 1. The standard InChI is InChI=1S/C11H18N2OS/c1-8-10(14)13(11(15)12-8)7-6-9-4-2-3-5-9/h8-9H,2-7H2,1H3,(H,12,15). The second kappa shape index (κ2) is 4.47. The van der Waals surface area contributed by atoms with Crippen LogP contribution in [0.5, 0.6) is 0 Å². The van der Waals surface area contributed by atoms with Gasteiger partial charge in [0.1, 0.15) is 6.04 Å². The van der Waals surface area contributed by atoms with Crippen molar-refractivity contribution in [3.8, 4) is 0 Å². The van der Waals surface area contributed by atoms with Gasteiger partial charge in [0.2, 0.25) is 0 Å². The molecule has 4 heteroatoms. The minimum atomic E-state index is -0.124. The third-order valence-corrected chi connectivity index (χ3v) is 3.80. The van der Waals surface area contributed by atoms with Gasteiger partial charge in [0, 0.05) is 6.54 Å². The molecule has 1 saturated heterocycles. The second-order valence-corrected chi connectivity index (χ2v) is 4.99. The smallest absolute Gasteiger partial charge is 0.250 e. The zero-order valence-corrected chi connectivity index (χ0v) is 9.98. The summed E-state index contributed by atoms with van der Waals surface area (Å²) in [4.78, 5) is 13.4. The summed E-state index contributed by atoms with van der Waals surface area (Å²) in [6.07, 6.45) is 6.49. The first-order chi connectivity index (χ1) is 7.18. The van der Waals surface area contributed by atoms with E-state index in [9.17, 15) is 4.79 Å². The van der Waals surface area contributed by atoms with Gasteiger partial charge in [-0.05, 0) is 31.5 Å². The maximum absolute atomic E-state index is 11.7. The Morgan fingerprint density at radius 1 is 1.47 bits per heavy atom. The molecule has 0 bridgehead atoms. The quantitative estimate of drug-likeness (QED) is 0.743. The predicted molar refractivity (Wildman–Crippen MR) is 63.5 cm³/mol. The van der Waals surface area contributed by atoms with Crippen LogP contribution in [-0.2, 0) is 4.79 Å². The Bertz CT molecular complexity index is 274. The fourth-order valence-electron chi connectivity index (χ4n) is 2.48. The highest BCUT2D eigenvalue weighted by atomic mass is 32.1. The molecule has 1 atom stereocenters. The van der Waals surface area contributed by atoms with Crippen LogP contribution in [0.15, 0.2) is 0 Å². The van der Waals surface area contributed by atoms with Gasteiger partial charge >= 0.3 is 0 Å². The summed E-state index contributed by atoms with van der Waals surface area (Å²) in [5, 5.41) is 3.62. The first-order valence-electron chi connectivity index (χ1n) is 5.80. The molecule has 1 saturated carbocycles. The molecule has 84 valence electrons. The van der Waals surface area contributed by atoms with Gasteiger partial charge in [-0.25, -0.2) is 0 Å². The maximum atomic E-state index is 11.7. The van der Waals surface area contributed by atoms with Crippen LogP contribution in [0.25, 0.3) is 0 Å². The molecule has 2 rings (SSSR count). The van der Waals surface area contributed by atoms with Crippen LogP contribution in [0.4, 0.5) is 0 Å². The van der Waals surface area contributed by atoms with Gasteiger partial charge in [-0.15, -0.1) is 0 Å². The minimum absolute atomic E-state index is 0.124. The molecule has 2 aliphatic rings. The highest BCUT2D eigenvalue weighted by molar-refractivity contribution is 7.80. The summed E-state index contributed by atoms with van der Waals surface area (Å²) in [6, 6.07) is -0.124. The Kier molecular flexibility index (Phi) is 3.24. The Hall–Kier alpha value is -0.640. The highest BCUT2D eigenvalue weighted by Crippen LogP contribution is 2.27. The monoisotopic (exact) mass is 226 g/mol. The van der Waals surface area contributed by atoms with E-state index in [2.05, 4.69) is 5.32 Å². The lowest BCUT2D eigenvalue weighted by atomic mass is 10.0. The normalized spacial score (nSPS) is 27.5. The SMILES string of the molecule is CC1NC(=S)N(CCC2CCCC2)C1=O. The molecule has 1 aliphatic carbocycles. The van der Waals surface area contributed by atoms with E-state index in [0.29, 0.717) is 5.11 Å². The molecule has 15 heavy (non-hydrogen) atoms. The van der Waals surface area contributed by atoms with Crippen molar-refractivity contribution in [2.24, 2.45) is 5.92 Å². The zero-order valence-electron chi connectivity index (χ0n) is 9.16. The van der Waals surface area contributed by atoms with Gasteiger partial charge in [0.05, 0.1) is 0 Å². The van der Waals surface area contributed by atoms with E-state index < -0.39 is 0 Å². The summed E-state index contributed by atoms with van der Waals surface area (Å²) in [6.45, 7) is 2.67. The van der Waals surface area contributed by atoms with E-state index in [1.54, 1.807) is 4.90 Å². The van der Waals surface area contributed by atoms with Crippen molar-refractivity contribution in [1.82, 2.24) is 10.2 Å². The van der Waals surface area contributed by atoms with Crippen LogP contribution >= 0.6 is 12.2 Å². The average molecular weight is 226 g/mol. The van der Waals surface area contributed by atoms with Crippen molar-refractivity contribution in [2.75, 3.05) is 6.54 Å². The van der Waals surface area contributed by atoms with E-state index in [1.165, 1.54) is 25.7 Å². The number of rotatable bonds is 3. The number of hydrogen-bond acceptors (Lipinski definition) is 2. The third-order valence-electron chi connectivity index (χ3n) is 3.46. The summed E-state index contributed by atoms with van der Waals surface area (Å²) in [7, 11) is 0. The largest absolute Gasteiger partial charge is 0.351 e. The molecule has 1 unspecified atom stereocenters. The Morgan fingerprint density at radius 2 is 2.13 bits per heavy atom. The number of thiocarbonyl (C=S) groups is 1. The number of amides is 1. The summed E-state index contributed by atoms with van der Waals surface area (Å²) < 4.78 is 0. The molecular weight excluding hydrogens is 208 g/mol. The van der Waals surface area contributed by atoms with Gasteiger partial charge in [0.25, 0.3) is 5.91 Å². The molecule has 0 aromatic heterocycles. The fraction of sp³-hybridized carbons (Fsp3) is 0.818. The Morgan fingerprint density at radius 3 is 2.67 bits per heavy atom. The van der Waals surface area contributed by atoms with Crippen molar-refractivity contribution in [1.29, 1.82) is 0 Å². The molecule has 1 heterocycles. The molecule has 1 N–H and O–H groups in total. The van der Waals surface area contributed by atoms with Crippen molar-refractivity contribution in [2.45, 2.75) is 45.1 Å². The van der Waals surface area contributed by atoms with E-state index in [4.69, 9.17) is 12.2 Å².